The summed E-state index contributed by atoms with van der Waals surface area (Å²) in [6.45, 7) is 3.98. The van der Waals surface area contributed by atoms with Gasteiger partial charge in [0.1, 0.15) is 6.04 Å². The van der Waals surface area contributed by atoms with E-state index < -0.39 is 12.1 Å². The van der Waals surface area contributed by atoms with Gasteiger partial charge in [-0.3, -0.25) is 4.79 Å². The number of hydrogen-bond donors (Lipinski definition) is 4. The van der Waals surface area contributed by atoms with Crippen LogP contribution in [0.3, 0.4) is 0 Å². The number of carbonyl (C=O) groups is 2. The lowest BCUT2D eigenvalue weighted by molar-refractivity contribution is -0.120. The van der Waals surface area contributed by atoms with Crippen LogP contribution in [0.15, 0.2) is 11.6 Å². The lowest BCUT2D eigenvalue weighted by Gasteiger charge is -2.10. The van der Waals surface area contributed by atoms with E-state index in [9.17, 15) is 9.59 Å². The number of rotatable bonds is 2. The Hall–Kier alpha value is -1.17. The fourth-order valence-corrected chi connectivity index (χ4v) is 1.16. The van der Waals surface area contributed by atoms with Gasteiger partial charge in [0, 0.05) is 6.54 Å². The van der Waals surface area contributed by atoms with E-state index in [1.165, 1.54) is 0 Å². The Morgan fingerprint density at radius 3 is 2.85 bits per heavy atom. The zero-order chi connectivity index (χ0) is 9.84. The van der Waals surface area contributed by atoms with E-state index in [-0.39, 0.29) is 10.9 Å². The molecule has 1 heterocycles. The average molecular weight is 201 g/mol. The molecule has 1 fully saturated rings. The van der Waals surface area contributed by atoms with Gasteiger partial charge in [-0.2, -0.15) is 0 Å². The van der Waals surface area contributed by atoms with Gasteiger partial charge in [0.2, 0.25) is 5.91 Å². The van der Waals surface area contributed by atoms with Gasteiger partial charge in [0.15, 0.2) is 0 Å². The van der Waals surface area contributed by atoms with Crippen LogP contribution in [0.25, 0.3) is 0 Å². The van der Waals surface area contributed by atoms with Crippen LogP contribution in [0, 0.1) is 0 Å². The zero-order valence-corrected chi connectivity index (χ0v) is 7.86. The highest BCUT2D eigenvalue weighted by Crippen LogP contribution is 1.99. The molecule has 0 aliphatic carbocycles. The maximum Gasteiger partial charge on any atom is 0.320 e. The Labute approximate surface area is 81.4 Å². The molecule has 0 aromatic rings. The largest absolute Gasteiger partial charge is 0.354 e. The molecular formula is C7H11N3O2S. The predicted octanol–water partition coefficient (Wildman–Crippen LogP) is -0.425. The summed E-state index contributed by atoms with van der Waals surface area (Å²) in [7, 11) is 0. The molecule has 0 aromatic heterocycles. The third-order valence-corrected chi connectivity index (χ3v) is 1.72. The molecule has 6 heteroatoms. The molecule has 1 atom stereocenters. The van der Waals surface area contributed by atoms with Crippen LogP contribution in [0.2, 0.25) is 0 Å². The molecule has 3 N–H and O–H groups in total. The van der Waals surface area contributed by atoms with E-state index in [1.807, 2.05) is 0 Å². The van der Waals surface area contributed by atoms with Crippen LogP contribution >= 0.6 is 12.6 Å². The van der Waals surface area contributed by atoms with Crippen LogP contribution in [-0.4, -0.2) is 24.5 Å². The van der Waals surface area contributed by atoms with Crippen molar-refractivity contribution >= 4 is 24.6 Å². The summed E-state index contributed by atoms with van der Waals surface area (Å²) >= 11 is 3.79. The van der Waals surface area contributed by atoms with Crippen molar-refractivity contribution in [2.75, 3.05) is 6.54 Å². The Morgan fingerprint density at radius 1 is 1.69 bits per heavy atom. The summed E-state index contributed by atoms with van der Waals surface area (Å²) < 4.78 is 0. The summed E-state index contributed by atoms with van der Waals surface area (Å²) in [4.78, 5) is 22.0. The molecule has 13 heavy (non-hydrogen) atoms. The summed E-state index contributed by atoms with van der Waals surface area (Å²) in [5.74, 6) is -0.153. The van der Waals surface area contributed by atoms with E-state index in [4.69, 9.17) is 0 Å². The third kappa shape index (κ3) is 2.98. The molecule has 3 amide bonds. The first-order chi connectivity index (χ1) is 6.09. The van der Waals surface area contributed by atoms with Gasteiger partial charge < -0.3 is 16.0 Å². The number of thiol groups is 1. The van der Waals surface area contributed by atoms with Crippen molar-refractivity contribution in [3.8, 4) is 0 Å². The van der Waals surface area contributed by atoms with Crippen molar-refractivity contribution in [3.05, 3.63) is 11.6 Å². The maximum atomic E-state index is 11.0. The molecule has 1 aliphatic rings. The Morgan fingerprint density at radius 2 is 2.38 bits per heavy atom. The Balaban J connectivity index is 2.35. The molecule has 72 valence electrons. The molecule has 1 aliphatic heterocycles. The lowest BCUT2D eigenvalue weighted by atomic mass is 10.2. The van der Waals surface area contributed by atoms with Gasteiger partial charge >= 0.3 is 6.03 Å². The van der Waals surface area contributed by atoms with Crippen molar-refractivity contribution < 1.29 is 9.59 Å². The smallest absolute Gasteiger partial charge is 0.320 e. The topological polar surface area (TPSA) is 70.2 Å². The number of carbonyl (C=O) groups excluding carboxylic acids is 2. The van der Waals surface area contributed by atoms with Crippen LogP contribution < -0.4 is 16.0 Å². The van der Waals surface area contributed by atoms with E-state index in [2.05, 4.69) is 35.2 Å². The molecule has 0 bridgehead atoms. The maximum absolute atomic E-state index is 11.0. The summed E-state index contributed by atoms with van der Waals surface area (Å²) in [5.41, 5.74) is 0. The van der Waals surface area contributed by atoms with Gasteiger partial charge in [-0.15, -0.1) is 12.6 Å². The van der Waals surface area contributed by atoms with Gasteiger partial charge in [-0.05, 0) is 6.42 Å². The quantitative estimate of drug-likeness (QED) is 0.458. The number of amides is 3. The van der Waals surface area contributed by atoms with Crippen molar-refractivity contribution in [1.29, 1.82) is 0 Å². The highest BCUT2D eigenvalue weighted by Gasteiger charge is 2.25. The van der Waals surface area contributed by atoms with Gasteiger partial charge in [-0.1, -0.05) is 6.58 Å². The SMILES string of the molecule is C=C(S)NC(=O)N[C@H]1CCNC1=O. The van der Waals surface area contributed by atoms with Crippen molar-refractivity contribution in [1.82, 2.24) is 16.0 Å². The second kappa shape index (κ2) is 4.18. The molecule has 1 rings (SSSR count). The van der Waals surface area contributed by atoms with Crippen LogP contribution in [0.4, 0.5) is 4.79 Å². The normalized spacial score (nSPS) is 20.7. The second-order valence-corrected chi connectivity index (χ2v) is 3.22. The fraction of sp³-hybridized carbons (Fsp3) is 0.429. The van der Waals surface area contributed by atoms with Crippen molar-refractivity contribution in [2.45, 2.75) is 12.5 Å². The summed E-state index contributed by atoms with van der Waals surface area (Å²) in [6, 6.07) is -0.894. The van der Waals surface area contributed by atoms with Gasteiger partial charge in [0.05, 0.1) is 5.03 Å². The second-order valence-electron chi connectivity index (χ2n) is 2.68. The zero-order valence-electron chi connectivity index (χ0n) is 6.96. The monoisotopic (exact) mass is 201 g/mol. The predicted molar refractivity (Wildman–Crippen MR) is 51.2 cm³/mol. The standard InChI is InChI=1S/C7H11N3O2S/c1-4(13)9-7(12)10-5-2-3-8-6(5)11/h5,13H,1-3H2,(H,8,11)(H2,9,10,12)/t5-/m0/s1. The number of nitrogens with one attached hydrogen (secondary N) is 3. The molecule has 0 aromatic carbocycles. The highest BCUT2D eigenvalue weighted by atomic mass is 32.1. The molecule has 0 saturated carbocycles. The van der Waals surface area contributed by atoms with E-state index in [1.54, 1.807) is 0 Å². The Bertz CT molecular complexity index is 254. The van der Waals surface area contributed by atoms with E-state index in [0.29, 0.717) is 13.0 Å². The first-order valence-electron chi connectivity index (χ1n) is 3.82. The van der Waals surface area contributed by atoms with E-state index in [0.717, 1.165) is 0 Å². The van der Waals surface area contributed by atoms with Crippen molar-refractivity contribution in [3.63, 3.8) is 0 Å². The fourth-order valence-electron chi connectivity index (χ4n) is 1.06. The summed E-state index contributed by atoms with van der Waals surface area (Å²) in [5, 5.41) is 7.67. The van der Waals surface area contributed by atoms with Gasteiger partial charge in [-0.25, -0.2) is 4.79 Å². The minimum atomic E-state index is -0.456. The molecule has 5 nitrogen and oxygen atoms in total. The number of hydrogen-bond acceptors (Lipinski definition) is 3. The minimum Gasteiger partial charge on any atom is -0.354 e. The third-order valence-electron chi connectivity index (χ3n) is 1.61. The van der Waals surface area contributed by atoms with Crippen LogP contribution in [0.5, 0.6) is 0 Å². The van der Waals surface area contributed by atoms with Gasteiger partial charge in [0.25, 0.3) is 0 Å². The first kappa shape index (κ1) is 9.91. The minimum absolute atomic E-state index is 0.153. The van der Waals surface area contributed by atoms with Crippen LogP contribution in [0.1, 0.15) is 6.42 Å². The number of urea groups is 1. The first-order valence-corrected chi connectivity index (χ1v) is 4.27. The average Bonchev–Trinajstić information content (AvgIpc) is 2.34. The molecule has 0 spiro atoms. The van der Waals surface area contributed by atoms with Crippen molar-refractivity contribution in [2.24, 2.45) is 0 Å². The van der Waals surface area contributed by atoms with E-state index >= 15 is 0 Å². The highest BCUT2D eigenvalue weighted by molar-refractivity contribution is 7.84. The summed E-state index contributed by atoms with van der Waals surface area (Å²) in [6.07, 6.45) is 0.616. The van der Waals surface area contributed by atoms with Crippen LogP contribution in [-0.2, 0) is 4.79 Å². The molecule has 0 radical (unpaired) electrons. The molecule has 1 saturated heterocycles. The lowest BCUT2D eigenvalue weighted by Crippen LogP contribution is -2.44. The molecular weight excluding hydrogens is 190 g/mol. The Kier molecular flexibility index (Phi) is 3.18. The molecule has 0 unspecified atom stereocenters.